The number of hydrogen-bond donors (Lipinski definition) is 3. The molecule has 1 aliphatic heterocycles. The number of anilines is 1. The molecule has 134 valence electrons. The Morgan fingerprint density at radius 1 is 1.35 bits per heavy atom. The number of aliphatic carboxylic acids is 1. The van der Waals surface area contributed by atoms with Crippen molar-refractivity contribution in [3.63, 3.8) is 0 Å². The minimum atomic E-state index is -0.996. The van der Waals surface area contributed by atoms with E-state index < -0.39 is 5.97 Å². The summed E-state index contributed by atoms with van der Waals surface area (Å²) in [5, 5.41) is 17.4. The summed E-state index contributed by atoms with van der Waals surface area (Å²) in [4.78, 5) is 27.0. The number of hydrogen-bond acceptors (Lipinski definition) is 3. The predicted octanol–water partition coefficient (Wildman–Crippen LogP) is 2.85. The van der Waals surface area contributed by atoms with Crippen LogP contribution >= 0.6 is 0 Å². The molecule has 0 radical (unpaired) electrons. The van der Waals surface area contributed by atoms with E-state index in [2.05, 4.69) is 41.4 Å². The van der Waals surface area contributed by atoms with Crippen LogP contribution in [0.5, 0.6) is 0 Å². The van der Waals surface area contributed by atoms with Gasteiger partial charge in [0.15, 0.2) is 0 Å². The largest absolute Gasteiger partial charge is 0.480 e. The van der Waals surface area contributed by atoms with Gasteiger partial charge in [-0.05, 0) is 31.9 Å². The van der Waals surface area contributed by atoms with E-state index in [1.54, 1.807) is 0 Å². The maximum atomic E-state index is 12.3. The Balaban J connectivity index is 1.91. The van der Waals surface area contributed by atoms with Crippen LogP contribution in [0, 0.1) is 20.8 Å². The summed E-state index contributed by atoms with van der Waals surface area (Å²) < 4.78 is 1.36. The molecule has 7 heteroatoms. The van der Waals surface area contributed by atoms with Crippen molar-refractivity contribution in [1.29, 1.82) is 0 Å². The second-order valence-corrected chi connectivity index (χ2v) is 6.87. The van der Waals surface area contributed by atoms with Crippen LogP contribution < -0.4 is 5.32 Å². The molecule has 1 aromatic carbocycles. The molecule has 3 heterocycles. The fourth-order valence-corrected chi connectivity index (χ4v) is 3.97. The van der Waals surface area contributed by atoms with E-state index in [9.17, 15) is 9.59 Å². The maximum Gasteiger partial charge on any atom is 0.325 e. The van der Waals surface area contributed by atoms with Gasteiger partial charge in [0, 0.05) is 34.5 Å². The smallest absolute Gasteiger partial charge is 0.325 e. The average Bonchev–Trinajstić information content (AvgIpc) is 3.06. The van der Waals surface area contributed by atoms with Gasteiger partial charge in [-0.3, -0.25) is 9.59 Å². The highest BCUT2D eigenvalue weighted by molar-refractivity contribution is 5.95. The van der Waals surface area contributed by atoms with Gasteiger partial charge in [0.25, 0.3) is 0 Å². The Morgan fingerprint density at radius 2 is 2.12 bits per heavy atom. The first-order chi connectivity index (χ1) is 12.4. The minimum absolute atomic E-state index is 0.135. The Bertz CT molecular complexity index is 1060. The number of aromatic amines is 1. The zero-order valence-electron chi connectivity index (χ0n) is 14.9. The lowest BCUT2D eigenvalue weighted by Crippen LogP contribution is -2.26. The summed E-state index contributed by atoms with van der Waals surface area (Å²) in [7, 11) is 0. The lowest BCUT2D eigenvalue weighted by Gasteiger charge is -2.24. The van der Waals surface area contributed by atoms with Gasteiger partial charge < -0.3 is 15.4 Å². The van der Waals surface area contributed by atoms with Crippen molar-refractivity contribution < 1.29 is 14.7 Å². The van der Waals surface area contributed by atoms with Gasteiger partial charge in [0.1, 0.15) is 12.4 Å². The highest BCUT2D eigenvalue weighted by atomic mass is 16.4. The maximum absolute atomic E-state index is 12.3. The van der Waals surface area contributed by atoms with Crippen LogP contribution in [0.3, 0.4) is 0 Å². The van der Waals surface area contributed by atoms with E-state index in [1.807, 2.05) is 13.0 Å². The van der Waals surface area contributed by atoms with Gasteiger partial charge in [0.2, 0.25) is 5.91 Å². The zero-order chi connectivity index (χ0) is 18.6. The third-order valence-electron chi connectivity index (χ3n) is 5.14. The number of aromatic nitrogens is 3. The summed E-state index contributed by atoms with van der Waals surface area (Å²) >= 11 is 0. The number of aryl methyl sites for hydroxylation is 3. The molecule has 0 spiro atoms. The number of H-pyrrole nitrogens is 1. The molecule has 0 saturated carbocycles. The van der Waals surface area contributed by atoms with Gasteiger partial charge in [-0.15, -0.1) is 0 Å². The summed E-state index contributed by atoms with van der Waals surface area (Å²) in [6.07, 6.45) is 0.305. The Hall–Kier alpha value is -3.09. The number of para-hydroxylation sites is 1. The number of fused-ring (bicyclic) bond motifs is 2. The lowest BCUT2D eigenvalue weighted by molar-refractivity contribution is -0.137. The van der Waals surface area contributed by atoms with Gasteiger partial charge in [0.05, 0.1) is 5.69 Å². The van der Waals surface area contributed by atoms with Gasteiger partial charge >= 0.3 is 5.97 Å². The van der Waals surface area contributed by atoms with Crippen molar-refractivity contribution in [2.24, 2.45) is 0 Å². The van der Waals surface area contributed by atoms with Crippen LogP contribution in [-0.2, 0) is 16.1 Å². The van der Waals surface area contributed by atoms with E-state index in [0.717, 1.165) is 39.0 Å². The van der Waals surface area contributed by atoms with Crippen LogP contribution in [0.2, 0.25) is 0 Å². The standard InChI is InChI=1S/C19H20N4O3/c1-9-5-4-6-12-10(2)18(21-17(9)12)13-7-14(24)20-19-16(13)11(3)22-23(19)8-15(25)26/h4-6,13,21H,7-8H2,1-3H3,(H,20,24)(H,25,26)/t13-/m1/s1. The number of carbonyl (C=O) groups is 2. The van der Waals surface area contributed by atoms with E-state index in [1.165, 1.54) is 4.68 Å². The van der Waals surface area contributed by atoms with Crippen LogP contribution in [0.15, 0.2) is 18.2 Å². The third kappa shape index (κ3) is 2.39. The van der Waals surface area contributed by atoms with Crippen LogP contribution in [-0.4, -0.2) is 31.7 Å². The molecule has 0 unspecified atom stereocenters. The van der Waals surface area contributed by atoms with Crippen molar-refractivity contribution in [1.82, 2.24) is 14.8 Å². The van der Waals surface area contributed by atoms with Crippen LogP contribution in [0.1, 0.15) is 40.4 Å². The molecule has 2 aromatic heterocycles. The van der Waals surface area contributed by atoms with Crippen molar-refractivity contribution in [2.75, 3.05) is 5.32 Å². The summed E-state index contributed by atoms with van der Waals surface area (Å²) in [5.41, 5.74) is 5.95. The fourth-order valence-electron chi connectivity index (χ4n) is 3.97. The normalized spacial score (nSPS) is 16.6. The van der Waals surface area contributed by atoms with Gasteiger partial charge in [-0.2, -0.15) is 5.10 Å². The van der Waals surface area contributed by atoms with Crippen molar-refractivity contribution >= 4 is 28.6 Å². The summed E-state index contributed by atoms with van der Waals surface area (Å²) in [5.74, 6) is -0.818. The average molecular weight is 352 g/mol. The van der Waals surface area contributed by atoms with Crippen molar-refractivity contribution in [3.05, 3.63) is 46.3 Å². The second kappa shape index (κ2) is 5.72. The van der Waals surface area contributed by atoms with E-state index in [4.69, 9.17) is 5.11 Å². The molecular formula is C19H20N4O3. The molecule has 3 aromatic rings. The number of amides is 1. The highest BCUT2D eigenvalue weighted by Gasteiger charge is 2.34. The molecule has 1 amide bonds. The lowest BCUT2D eigenvalue weighted by atomic mass is 9.87. The molecule has 0 saturated heterocycles. The first-order valence-electron chi connectivity index (χ1n) is 8.53. The van der Waals surface area contributed by atoms with Crippen molar-refractivity contribution in [2.45, 2.75) is 39.7 Å². The van der Waals surface area contributed by atoms with Crippen LogP contribution in [0.25, 0.3) is 10.9 Å². The number of carbonyl (C=O) groups excluding carboxylic acids is 1. The number of carboxylic acids is 1. The summed E-state index contributed by atoms with van der Waals surface area (Å²) in [6.45, 7) is 5.67. The molecule has 26 heavy (non-hydrogen) atoms. The van der Waals surface area contributed by atoms with E-state index in [-0.39, 0.29) is 18.4 Å². The fraction of sp³-hybridized carbons (Fsp3) is 0.316. The third-order valence-corrected chi connectivity index (χ3v) is 5.14. The van der Waals surface area contributed by atoms with E-state index >= 15 is 0 Å². The molecule has 1 atom stereocenters. The SMILES string of the molecule is Cc1nn(CC(=O)O)c2c1[C@H](c1[nH]c3c(C)cccc3c1C)CC(=O)N2. The highest BCUT2D eigenvalue weighted by Crippen LogP contribution is 2.41. The molecule has 0 aliphatic carbocycles. The zero-order valence-corrected chi connectivity index (χ0v) is 14.9. The predicted molar refractivity (Wildman–Crippen MR) is 97.5 cm³/mol. The minimum Gasteiger partial charge on any atom is -0.480 e. The number of benzene rings is 1. The van der Waals surface area contributed by atoms with Gasteiger partial charge in [-0.1, -0.05) is 18.2 Å². The second-order valence-electron chi connectivity index (χ2n) is 6.87. The summed E-state index contributed by atoms with van der Waals surface area (Å²) in [6, 6.07) is 6.15. The topological polar surface area (TPSA) is 100 Å². The van der Waals surface area contributed by atoms with Crippen molar-refractivity contribution in [3.8, 4) is 0 Å². The molecule has 0 bridgehead atoms. The monoisotopic (exact) mass is 352 g/mol. The molecule has 7 nitrogen and oxygen atoms in total. The number of rotatable bonds is 3. The van der Waals surface area contributed by atoms with Gasteiger partial charge in [-0.25, -0.2) is 4.68 Å². The quantitative estimate of drug-likeness (QED) is 0.675. The first-order valence-corrected chi connectivity index (χ1v) is 8.53. The molecule has 1 aliphatic rings. The molecule has 4 rings (SSSR count). The first kappa shape index (κ1) is 16.4. The molecule has 3 N–H and O–H groups in total. The van der Waals surface area contributed by atoms with E-state index in [0.29, 0.717) is 12.2 Å². The molecular weight excluding hydrogens is 332 g/mol. The molecule has 0 fully saturated rings. The number of nitrogens with one attached hydrogen (secondary N) is 2. The Kier molecular flexibility index (Phi) is 3.61. The Labute approximate surface area is 150 Å². The Morgan fingerprint density at radius 3 is 2.81 bits per heavy atom. The number of nitrogens with zero attached hydrogens (tertiary/aromatic N) is 2. The van der Waals surface area contributed by atoms with Crippen LogP contribution in [0.4, 0.5) is 5.82 Å². The number of carboxylic acid groups (broad SMARTS) is 1.